The van der Waals surface area contributed by atoms with Crippen molar-refractivity contribution in [2.24, 2.45) is 5.73 Å². The first kappa shape index (κ1) is 13.2. The number of halogens is 1. The third-order valence-corrected chi connectivity index (χ3v) is 2.87. The van der Waals surface area contributed by atoms with Gasteiger partial charge in [0.1, 0.15) is 11.6 Å². The Labute approximate surface area is 108 Å². The SMILES string of the molecule is C[C@](N)(Cc1ncc[nH]1)c1cc([N+](=O)[O-])ccc1F. The lowest BCUT2D eigenvalue weighted by atomic mass is 9.88. The highest BCUT2D eigenvalue weighted by atomic mass is 19.1. The Bertz CT molecular complexity index is 596. The van der Waals surface area contributed by atoms with E-state index in [-0.39, 0.29) is 17.7 Å². The number of aromatic amines is 1. The van der Waals surface area contributed by atoms with Crippen LogP contribution in [0.1, 0.15) is 18.3 Å². The summed E-state index contributed by atoms with van der Waals surface area (Å²) in [5, 5.41) is 10.7. The van der Waals surface area contributed by atoms with Gasteiger partial charge in [0.2, 0.25) is 0 Å². The lowest BCUT2D eigenvalue weighted by molar-refractivity contribution is -0.385. The van der Waals surface area contributed by atoms with Crippen molar-refractivity contribution in [1.82, 2.24) is 9.97 Å². The molecule has 1 atom stereocenters. The third kappa shape index (κ3) is 2.76. The molecule has 6 nitrogen and oxygen atoms in total. The predicted octanol–water partition coefficient (Wildman–Crippen LogP) is 1.87. The van der Waals surface area contributed by atoms with Crippen LogP contribution in [0.2, 0.25) is 0 Å². The molecule has 0 aliphatic carbocycles. The Kier molecular flexibility index (Phi) is 3.30. The van der Waals surface area contributed by atoms with E-state index in [9.17, 15) is 14.5 Å². The van der Waals surface area contributed by atoms with Crippen LogP contribution >= 0.6 is 0 Å². The molecule has 0 aliphatic heterocycles. The molecular formula is C12H13FN4O2. The molecule has 3 N–H and O–H groups in total. The van der Waals surface area contributed by atoms with E-state index in [4.69, 9.17) is 5.73 Å². The molecule has 2 rings (SSSR count). The molecule has 0 unspecified atom stereocenters. The van der Waals surface area contributed by atoms with E-state index in [2.05, 4.69) is 9.97 Å². The van der Waals surface area contributed by atoms with Crippen LogP contribution in [0, 0.1) is 15.9 Å². The van der Waals surface area contributed by atoms with Crippen molar-refractivity contribution in [2.75, 3.05) is 0 Å². The fourth-order valence-corrected chi connectivity index (χ4v) is 1.90. The Morgan fingerprint density at radius 3 is 2.89 bits per heavy atom. The quantitative estimate of drug-likeness (QED) is 0.650. The number of nitrogens with two attached hydrogens (primary N) is 1. The topological polar surface area (TPSA) is 97.8 Å². The molecule has 0 saturated heterocycles. The van der Waals surface area contributed by atoms with Crippen molar-refractivity contribution in [2.45, 2.75) is 18.9 Å². The second kappa shape index (κ2) is 4.77. The number of nitrogens with one attached hydrogen (secondary N) is 1. The summed E-state index contributed by atoms with van der Waals surface area (Å²) in [6.07, 6.45) is 3.45. The fraction of sp³-hybridized carbons (Fsp3) is 0.250. The van der Waals surface area contributed by atoms with Gasteiger partial charge in [0, 0.05) is 42.0 Å². The van der Waals surface area contributed by atoms with E-state index in [1.54, 1.807) is 19.3 Å². The number of nitro benzene ring substituents is 1. The largest absolute Gasteiger partial charge is 0.349 e. The Morgan fingerprint density at radius 2 is 2.32 bits per heavy atom. The molecule has 19 heavy (non-hydrogen) atoms. The number of hydrogen-bond donors (Lipinski definition) is 2. The van der Waals surface area contributed by atoms with Gasteiger partial charge >= 0.3 is 0 Å². The van der Waals surface area contributed by atoms with Gasteiger partial charge in [-0.05, 0) is 13.0 Å². The van der Waals surface area contributed by atoms with Gasteiger partial charge in [0.15, 0.2) is 0 Å². The third-order valence-electron chi connectivity index (χ3n) is 2.87. The van der Waals surface area contributed by atoms with E-state index in [1.165, 1.54) is 0 Å². The maximum Gasteiger partial charge on any atom is 0.269 e. The highest BCUT2D eigenvalue weighted by Crippen LogP contribution is 2.27. The highest BCUT2D eigenvalue weighted by molar-refractivity contribution is 5.39. The molecule has 0 radical (unpaired) electrons. The molecule has 0 aliphatic rings. The first-order valence-electron chi connectivity index (χ1n) is 5.62. The van der Waals surface area contributed by atoms with Gasteiger partial charge in [-0.2, -0.15) is 0 Å². The normalized spacial score (nSPS) is 14.1. The van der Waals surface area contributed by atoms with Gasteiger partial charge in [-0.15, -0.1) is 0 Å². The monoisotopic (exact) mass is 264 g/mol. The highest BCUT2D eigenvalue weighted by Gasteiger charge is 2.28. The summed E-state index contributed by atoms with van der Waals surface area (Å²) in [6, 6.07) is 3.33. The molecule has 0 fully saturated rings. The Morgan fingerprint density at radius 1 is 1.58 bits per heavy atom. The zero-order chi connectivity index (χ0) is 14.0. The number of imidazole rings is 1. The summed E-state index contributed by atoms with van der Waals surface area (Å²) in [5.74, 6) is 0.0260. The Hall–Kier alpha value is -2.28. The lowest BCUT2D eigenvalue weighted by Gasteiger charge is -2.24. The number of rotatable bonds is 4. The van der Waals surface area contributed by atoms with Crippen molar-refractivity contribution >= 4 is 5.69 Å². The average Bonchev–Trinajstić information content (AvgIpc) is 2.81. The van der Waals surface area contributed by atoms with E-state index in [0.29, 0.717) is 5.82 Å². The molecule has 2 aromatic rings. The Balaban J connectivity index is 2.38. The minimum Gasteiger partial charge on any atom is -0.349 e. The van der Waals surface area contributed by atoms with Crippen molar-refractivity contribution < 1.29 is 9.31 Å². The molecule has 0 spiro atoms. The summed E-state index contributed by atoms with van der Waals surface area (Å²) in [5.41, 5.74) is 4.90. The maximum atomic E-state index is 13.8. The fourth-order valence-electron chi connectivity index (χ4n) is 1.90. The van der Waals surface area contributed by atoms with Gasteiger partial charge in [-0.1, -0.05) is 0 Å². The minimum absolute atomic E-state index is 0.0955. The molecule has 100 valence electrons. The molecule has 1 aromatic heterocycles. The maximum absolute atomic E-state index is 13.8. The van der Waals surface area contributed by atoms with Crippen LogP contribution in [0.25, 0.3) is 0 Å². The van der Waals surface area contributed by atoms with Crippen molar-refractivity contribution in [3.8, 4) is 0 Å². The van der Waals surface area contributed by atoms with Gasteiger partial charge in [0.05, 0.1) is 4.92 Å². The van der Waals surface area contributed by atoms with E-state index < -0.39 is 16.3 Å². The minimum atomic E-state index is -1.09. The number of nitro groups is 1. The van der Waals surface area contributed by atoms with Crippen molar-refractivity contribution in [3.63, 3.8) is 0 Å². The first-order valence-corrected chi connectivity index (χ1v) is 5.62. The molecule has 0 amide bonds. The summed E-state index contributed by atoms with van der Waals surface area (Å²) >= 11 is 0. The number of nitrogens with zero attached hydrogens (tertiary/aromatic N) is 2. The smallest absolute Gasteiger partial charge is 0.269 e. The zero-order valence-corrected chi connectivity index (χ0v) is 10.3. The molecule has 7 heteroatoms. The predicted molar refractivity (Wildman–Crippen MR) is 66.9 cm³/mol. The van der Waals surface area contributed by atoms with E-state index >= 15 is 0 Å². The van der Waals surface area contributed by atoms with Crippen LogP contribution in [0.5, 0.6) is 0 Å². The van der Waals surface area contributed by atoms with Gasteiger partial charge in [-0.25, -0.2) is 9.37 Å². The van der Waals surface area contributed by atoms with Crippen LogP contribution in [0.15, 0.2) is 30.6 Å². The molecule has 0 saturated carbocycles. The van der Waals surface area contributed by atoms with Crippen molar-refractivity contribution in [1.29, 1.82) is 0 Å². The van der Waals surface area contributed by atoms with Gasteiger partial charge in [-0.3, -0.25) is 10.1 Å². The molecule has 0 bridgehead atoms. The van der Waals surface area contributed by atoms with E-state index in [1.807, 2.05) is 0 Å². The standard InChI is InChI=1S/C12H13FN4O2/c1-12(14,7-11-15-4-5-16-11)9-6-8(17(18)19)2-3-10(9)13/h2-6H,7,14H2,1H3,(H,15,16)/t12-/m0/s1. The zero-order valence-electron chi connectivity index (χ0n) is 10.3. The van der Waals surface area contributed by atoms with Crippen LogP contribution in [-0.4, -0.2) is 14.9 Å². The summed E-state index contributed by atoms with van der Waals surface area (Å²) in [4.78, 5) is 17.0. The molecular weight excluding hydrogens is 251 g/mol. The number of benzene rings is 1. The molecule has 1 heterocycles. The lowest BCUT2D eigenvalue weighted by Crippen LogP contribution is -2.37. The van der Waals surface area contributed by atoms with Gasteiger partial charge in [0.25, 0.3) is 5.69 Å². The van der Waals surface area contributed by atoms with Crippen LogP contribution < -0.4 is 5.73 Å². The first-order chi connectivity index (χ1) is 8.90. The second-order valence-electron chi connectivity index (χ2n) is 4.55. The number of aromatic nitrogens is 2. The summed E-state index contributed by atoms with van der Waals surface area (Å²) < 4.78 is 13.8. The number of non-ortho nitro benzene ring substituents is 1. The summed E-state index contributed by atoms with van der Waals surface area (Å²) in [6.45, 7) is 1.61. The van der Waals surface area contributed by atoms with Gasteiger partial charge < -0.3 is 10.7 Å². The average molecular weight is 264 g/mol. The number of hydrogen-bond acceptors (Lipinski definition) is 4. The summed E-state index contributed by atoms with van der Waals surface area (Å²) in [7, 11) is 0. The van der Waals surface area contributed by atoms with Crippen LogP contribution in [0.4, 0.5) is 10.1 Å². The molecule has 1 aromatic carbocycles. The van der Waals surface area contributed by atoms with Crippen LogP contribution in [0.3, 0.4) is 0 Å². The number of H-pyrrole nitrogens is 1. The van der Waals surface area contributed by atoms with E-state index in [0.717, 1.165) is 18.2 Å². The second-order valence-corrected chi connectivity index (χ2v) is 4.55. The van der Waals surface area contributed by atoms with Crippen molar-refractivity contribution in [3.05, 3.63) is 57.9 Å². The van der Waals surface area contributed by atoms with Crippen LogP contribution in [-0.2, 0) is 12.0 Å².